The second-order valence-electron chi connectivity index (χ2n) is 42.3. The lowest BCUT2D eigenvalue weighted by molar-refractivity contribution is -0.337. The molecule has 2 aliphatic heterocycles. The Morgan fingerprint density at radius 3 is 0.736 bits per heavy atom. The number of aryl methyl sites for hydroxylation is 4. The lowest BCUT2D eigenvalue weighted by Crippen LogP contribution is -2.57. The standard InChI is InChI=1S/C54H78O3.C43H64O10/c1-31-37(22-34-25-40(49(4,5)6)46(55)41(26-34)50(7,8)9)32(2)39(24-36-29-44(53(16,17)18)48(57)45(30-36)54(19,20)21)33(3)38(31)23-35-27-42(51(10,11)12)47(56)43(28-35)52(13,14)15;1-27-17-29(19-31(35(27)46)39(3,4)5)13-15-33(44)48-21-41(9,10)37-50-23-43(24-51-37)25-52-38(53-26-43)42(11,12)22-49-34(45)16-14-30-18-28(2)36(47)32(20-30)40(6,7)8/h25-30,55-57H,22-24H2,1-21H3;17-20,37-38,46-47H,13-16,21-26H2,1-12H3. The van der Waals surface area contributed by atoms with E-state index >= 15 is 0 Å². The van der Waals surface area contributed by atoms with Crippen LogP contribution in [0.25, 0.3) is 0 Å². The van der Waals surface area contributed by atoms with Gasteiger partial charge in [-0.2, -0.15) is 0 Å². The summed E-state index contributed by atoms with van der Waals surface area (Å²) in [4.78, 5) is 25.5. The van der Waals surface area contributed by atoms with Gasteiger partial charge >= 0.3 is 11.9 Å². The van der Waals surface area contributed by atoms with Crippen LogP contribution < -0.4 is 0 Å². The highest BCUT2D eigenvalue weighted by atomic mass is 16.7. The van der Waals surface area contributed by atoms with E-state index < -0.39 is 28.8 Å². The van der Waals surface area contributed by atoms with Crippen molar-refractivity contribution in [2.45, 2.75) is 329 Å². The summed E-state index contributed by atoms with van der Waals surface area (Å²) in [6.45, 7) is 71.8. The summed E-state index contributed by atoms with van der Waals surface area (Å²) in [5.41, 5.74) is 19.2. The van der Waals surface area contributed by atoms with Gasteiger partial charge in [0.15, 0.2) is 12.6 Å². The Labute approximate surface area is 663 Å². The number of phenolic OH excluding ortho intramolecular Hbond substituents is 5. The Morgan fingerprint density at radius 2 is 0.527 bits per heavy atom. The Bertz CT molecular complexity index is 3800. The number of carbonyl (C=O) groups excluding carboxylic acids is 2. The summed E-state index contributed by atoms with van der Waals surface area (Å²) in [6.07, 6.45) is 2.57. The summed E-state index contributed by atoms with van der Waals surface area (Å²) >= 11 is 0. The van der Waals surface area contributed by atoms with Gasteiger partial charge in [-0.1, -0.05) is 255 Å². The van der Waals surface area contributed by atoms with Crippen molar-refractivity contribution in [3.63, 3.8) is 0 Å². The van der Waals surface area contributed by atoms with Crippen molar-refractivity contribution in [3.05, 3.63) is 177 Å². The number of esters is 2. The highest BCUT2D eigenvalue weighted by Gasteiger charge is 2.49. The largest absolute Gasteiger partial charge is 0.507 e. The van der Waals surface area contributed by atoms with E-state index in [-0.39, 0.29) is 81.3 Å². The van der Waals surface area contributed by atoms with E-state index in [0.717, 1.165) is 86.0 Å². The third-order valence-corrected chi connectivity index (χ3v) is 22.4. The van der Waals surface area contributed by atoms with Crippen LogP contribution in [0.2, 0.25) is 0 Å². The van der Waals surface area contributed by atoms with E-state index in [9.17, 15) is 35.1 Å². The fourth-order valence-electron chi connectivity index (χ4n) is 15.3. The SMILES string of the molecule is Cc1c(Cc2cc(C(C)(C)C)c(O)c(C(C)(C)C)c2)c(C)c(Cc2cc(C(C)(C)C)c(O)c(C(C)(C)C)c2)c(C)c1Cc1cc(C(C)(C)C)c(O)c(C(C)(C)C)c1.Cc1cc(CCC(=O)OCC(C)(C)C2OCC3(CO2)COC(C(C)(C)COC(=O)CCc2cc(C)c(O)c(C(C)(C)C)c2)OC3)cc(C(C)(C)C)c1O. The number of aromatic hydroxyl groups is 5. The van der Waals surface area contributed by atoms with Crippen LogP contribution >= 0.6 is 0 Å². The van der Waals surface area contributed by atoms with Gasteiger partial charge in [-0.05, 0) is 227 Å². The smallest absolute Gasteiger partial charge is 0.306 e. The number of rotatable bonds is 18. The Kier molecular flexibility index (Phi) is 27.0. The Morgan fingerprint density at radius 1 is 0.327 bits per heavy atom. The maximum absolute atomic E-state index is 12.7. The Hall–Kier alpha value is -6.90. The van der Waals surface area contributed by atoms with Crippen molar-refractivity contribution < 1.29 is 63.5 Å². The predicted molar refractivity (Wildman–Crippen MR) is 449 cm³/mol. The van der Waals surface area contributed by atoms with Gasteiger partial charge in [-0.25, -0.2) is 0 Å². The van der Waals surface area contributed by atoms with E-state index in [1.54, 1.807) is 0 Å². The first-order valence-electron chi connectivity index (χ1n) is 40.1. The molecule has 2 heterocycles. The molecule has 608 valence electrons. The minimum Gasteiger partial charge on any atom is -0.507 e. The fraction of sp³-hybridized carbons (Fsp3) is 0.608. The highest BCUT2D eigenvalue weighted by molar-refractivity contribution is 5.70. The van der Waals surface area contributed by atoms with E-state index in [1.807, 2.05) is 65.8 Å². The predicted octanol–water partition coefficient (Wildman–Crippen LogP) is 22.0. The van der Waals surface area contributed by atoms with Crippen LogP contribution in [0.15, 0.2) is 60.7 Å². The minimum absolute atomic E-state index is 0.139. The van der Waals surface area contributed by atoms with E-state index in [4.69, 9.17) is 28.4 Å². The molecule has 2 fully saturated rings. The molecule has 13 nitrogen and oxygen atoms in total. The van der Waals surface area contributed by atoms with Crippen molar-refractivity contribution in [2.75, 3.05) is 39.6 Å². The number of carbonyl (C=O) groups is 2. The van der Waals surface area contributed by atoms with Crippen LogP contribution in [0.5, 0.6) is 28.7 Å². The highest BCUT2D eigenvalue weighted by Crippen LogP contribution is 2.47. The molecule has 13 heteroatoms. The molecular weight excluding hydrogens is 1370 g/mol. The second-order valence-corrected chi connectivity index (χ2v) is 42.3. The summed E-state index contributed by atoms with van der Waals surface area (Å²) in [5, 5.41) is 55.9. The van der Waals surface area contributed by atoms with Crippen LogP contribution in [-0.4, -0.2) is 89.7 Å². The van der Waals surface area contributed by atoms with E-state index in [1.165, 1.54) is 50.1 Å². The van der Waals surface area contributed by atoms with E-state index in [0.29, 0.717) is 68.0 Å². The molecule has 110 heavy (non-hydrogen) atoms. The lowest BCUT2D eigenvalue weighted by atomic mass is 9.75. The van der Waals surface area contributed by atoms with Gasteiger partial charge in [0.1, 0.15) is 42.0 Å². The zero-order chi connectivity index (χ0) is 83.3. The molecule has 1 spiro atoms. The zero-order valence-electron chi connectivity index (χ0n) is 74.1. The zero-order valence-corrected chi connectivity index (χ0v) is 74.1. The average Bonchev–Trinajstić information content (AvgIpc) is 0.761. The molecule has 6 aromatic carbocycles. The molecule has 0 amide bonds. The van der Waals surface area contributed by atoms with Crippen LogP contribution in [0.3, 0.4) is 0 Å². The van der Waals surface area contributed by atoms with Gasteiger partial charge in [0, 0.05) is 23.7 Å². The number of hydrogen-bond acceptors (Lipinski definition) is 13. The molecule has 0 bridgehead atoms. The lowest BCUT2D eigenvalue weighted by Gasteiger charge is -2.48. The molecule has 0 radical (unpaired) electrons. The average molecular weight is 1520 g/mol. The normalized spacial score (nSPS) is 17.3. The summed E-state index contributed by atoms with van der Waals surface area (Å²) in [6, 6.07) is 21.2. The molecule has 2 saturated heterocycles. The maximum Gasteiger partial charge on any atom is 0.306 e. The number of benzene rings is 6. The van der Waals surface area contributed by atoms with Crippen molar-refractivity contribution in [2.24, 2.45) is 16.2 Å². The molecule has 0 saturated carbocycles. The van der Waals surface area contributed by atoms with E-state index in [2.05, 4.69) is 223 Å². The van der Waals surface area contributed by atoms with Gasteiger partial charge in [0.2, 0.25) is 0 Å². The van der Waals surface area contributed by atoms with Gasteiger partial charge in [0.05, 0.1) is 31.8 Å². The second kappa shape index (κ2) is 32.9. The number of ether oxygens (including phenoxy) is 6. The van der Waals surface area contributed by atoms with Gasteiger partial charge in [0.25, 0.3) is 0 Å². The van der Waals surface area contributed by atoms with Crippen LogP contribution in [0.1, 0.15) is 324 Å². The number of phenols is 5. The molecule has 6 aromatic rings. The molecule has 2 aliphatic rings. The molecule has 5 N–H and O–H groups in total. The summed E-state index contributed by atoms with van der Waals surface area (Å²) in [7, 11) is 0. The fourth-order valence-corrected chi connectivity index (χ4v) is 15.3. The minimum atomic E-state index is -0.591. The third-order valence-electron chi connectivity index (χ3n) is 22.4. The van der Waals surface area contributed by atoms with Crippen molar-refractivity contribution >= 4 is 11.9 Å². The molecule has 0 aliphatic carbocycles. The first-order chi connectivity index (χ1) is 50.0. The first-order valence-corrected chi connectivity index (χ1v) is 40.1. The van der Waals surface area contributed by atoms with Gasteiger partial charge in [-0.15, -0.1) is 0 Å². The van der Waals surface area contributed by atoms with Crippen LogP contribution in [0.4, 0.5) is 0 Å². The van der Waals surface area contributed by atoms with Crippen LogP contribution in [-0.2, 0) is 113 Å². The topological polar surface area (TPSA) is 191 Å². The summed E-state index contributed by atoms with van der Waals surface area (Å²) < 4.78 is 36.1. The van der Waals surface area contributed by atoms with Gasteiger partial charge in [-0.3, -0.25) is 9.59 Å². The van der Waals surface area contributed by atoms with Crippen LogP contribution in [0, 0.1) is 50.9 Å². The first kappa shape index (κ1) is 90.3. The molecular formula is C97H142O13. The number of hydrogen-bond donors (Lipinski definition) is 5. The van der Waals surface area contributed by atoms with Gasteiger partial charge < -0.3 is 54.0 Å². The monoisotopic (exact) mass is 1520 g/mol. The Balaban J connectivity index is 0.000000307. The molecule has 8 rings (SSSR count). The molecule has 0 unspecified atom stereocenters. The summed E-state index contributed by atoms with van der Waals surface area (Å²) in [5.74, 6) is 1.23. The molecule has 0 aromatic heterocycles. The molecule has 0 atom stereocenters. The van der Waals surface area contributed by atoms with Crippen molar-refractivity contribution in [1.82, 2.24) is 0 Å². The van der Waals surface area contributed by atoms with Crippen molar-refractivity contribution in [1.29, 1.82) is 0 Å². The third kappa shape index (κ3) is 21.9. The quantitative estimate of drug-likeness (QED) is 0.0512. The van der Waals surface area contributed by atoms with Crippen molar-refractivity contribution in [3.8, 4) is 28.7 Å². The maximum atomic E-state index is 12.7.